The summed E-state index contributed by atoms with van der Waals surface area (Å²) in [7, 11) is 0. The van der Waals surface area contributed by atoms with Crippen LogP contribution >= 0.6 is 0 Å². The van der Waals surface area contributed by atoms with Crippen molar-refractivity contribution >= 4 is 0 Å². The molecule has 120 valence electrons. The van der Waals surface area contributed by atoms with Gasteiger partial charge in [-0.2, -0.15) is 0 Å². The summed E-state index contributed by atoms with van der Waals surface area (Å²) in [6, 6.07) is 10.3. The van der Waals surface area contributed by atoms with Gasteiger partial charge in [-0.15, -0.1) is 0 Å². The van der Waals surface area contributed by atoms with E-state index in [4.69, 9.17) is 0 Å². The highest BCUT2D eigenvalue weighted by Crippen LogP contribution is 2.19. The number of rotatable bonds is 10. The normalized spacial score (nSPS) is 15.9. The van der Waals surface area contributed by atoms with E-state index in [1.807, 2.05) is 37.3 Å². The number of nitrogens with zero attached hydrogens (tertiary/aromatic N) is 1. The molecule has 0 fully saturated rings. The average molecular weight is 292 g/mol. The van der Waals surface area contributed by atoms with Gasteiger partial charge in [0.25, 0.3) is 0 Å². The van der Waals surface area contributed by atoms with Crippen molar-refractivity contribution in [3.8, 4) is 0 Å². The number of hydrogen-bond donors (Lipinski definition) is 2. The van der Waals surface area contributed by atoms with Gasteiger partial charge < -0.3 is 15.3 Å². The smallest absolute Gasteiger partial charge is 0.0992 e. The van der Waals surface area contributed by atoms with Crippen LogP contribution in [0.1, 0.15) is 46.1 Å². The first-order valence-electron chi connectivity index (χ1n) is 8.23. The first-order chi connectivity index (χ1) is 9.99. The molecule has 0 aliphatic rings. The molecule has 21 heavy (non-hydrogen) atoms. The van der Waals surface area contributed by atoms with E-state index in [0.29, 0.717) is 12.6 Å². The lowest BCUT2D eigenvalue weighted by atomic mass is 9.95. The Bertz CT molecular complexity index is 374. The van der Waals surface area contributed by atoms with Crippen molar-refractivity contribution in [2.75, 3.05) is 26.2 Å². The van der Waals surface area contributed by atoms with Gasteiger partial charge in [-0.05, 0) is 51.9 Å². The third-order valence-corrected chi connectivity index (χ3v) is 4.20. The second-order valence-electron chi connectivity index (χ2n) is 6.09. The molecule has 3 heteroatoms. The lowest BCUT2D eigenvalue weighted by Crippen LogP contribution is -2.40. The van der Waals surface area contributed by atoms with Crippen molar-refractivity contribution in [1.82, 2.24) is 10.2 Å². The summed E-state index contributed by atoms with van der Waals surface area (Å²) in [5, 5.41) is 14.0. The van der Waals surface area contributed by atoms with Crippen LogP contribution < -0.4 is 5.32 Å². The Morgan fingerprint density at radius 3 is 2.38 bits per heavy atom. The van der Waals surface area contributed by atoms with Gasteiger partial charge in [0.2, 0.25) is 0 Å². The van der Waals surface area contributed by atoms with Gasteiger partial charge in [0.15, 0.2) is 0 Å². The molecule has 1 rings (SSSR count). The van der Waals surface area contributed by atoms with E-state index >= 15 is 0 Å². The molecule has 0 bridgehead atoms. The summed E-state index contributed by atoms with van der Waals surface area (Å²) in [5.74, 6) is 0. The van der Waals surface area contributed by atoms with Gasteiger partial charge in [0, 0.05) is 12.6 Å². The monoisotopic (exact) mass is 292 g/mol. The molecule has 0 saturated heterocycles. The van der Waals surface area contributed by atoms with Crippen LogP contribution in [0.3, 0.4) is 0 Å². The minimum Gasteiger partial charge on any atom is -0.384 e. The predicted molar refractivity (Wildman–Crippen MR) is 90.5 cm³/mol. The van der Waals surface area contributed by atoms with Crippen LogP contribution in [0.15, 0.2) is 30.3 Å². The molecule has 0 aromatic heterocycles. The van der Waals surface area contributed by atoms with Crippen molar-refractivity contribution < 1.29 is 5.11 Å². The maximum Gasteiger partial charge on any atom is 0.0992 e. The van der Waals surface area contributed by atoms with E-state index in [-0.39, 0.29) is 0 Å². The quantitative estimate of drug-likeness (QED) is 0.696. The molecule has 2 unspecified atom stereocenters. The summed E-state index contributed by atoms with van der Waals surface area (Å²) < 4.78 is 0. The van der Waals surface area contributed by atoms with E-state index in [0.717, 1.165) is 31.6 Å². The van der Waals surface area contributed by atoms with Gasteiger partial charge in [0.05, 0.1) is 5.60 Å². The highest BCUT2D eigenvalue weighted by Gasteiger charge is 2.22. The maximum absolute atomic E-state index is 10.6. The highest BCUT2D eigenvalue weighted by molar-refractivity contribution is 5.21. The SMILES string of the molecule is CCN(CC)CCCC(C)NCC(C)(O)c1ccccc1. The maximum atomic E-state index is 10.6. The first kappa shape index (κ1) is 18.1. The molecule has 0 spiro atoms. The van der Waals surface area contributed by atoms with Crippen molar-refractivity contribution in [3.63, 3.8) is 0 Å². The van der Waals surface area contributed by atoms with Crippen LogP contribution in [0.2, 0.25) is 0 Å². The Morgan fingerprint density at radius 1 is 1.19 bits per heavy atom. The lowest BCUT2D eigenvalue weighted by molar-refractivity contribution is 0.0539. The molecule has 1 aromatic rings. The number of hydrogen-bond acceptors (Lipinski definition) is 3. The molecule has 0 radical (unpaired) electrons. The van der Waals surface area contributed by atoms with Gasteiger partial charge >= 0.3 is 0 Å². The summed E-state index contributed by atoms with van der Waals surface area (Å²) in [5.41, 5.74) is 0.154. The third-order valence-electron chi connectivity index (χ3n) is 4.20. The van der Waals surface area contributed by atoms with E-state index in [9.17, 15) is 5.11 Å². The fourth-order valence-electron chi connectivity index (χ4n) is 2.54. The van der Waals surface area contributed by atoms with E-state index in [1.54, 1.807) is 0 Å². The summed E-state index contributed by atoms with van der Waals surface area (Å²) in [6.07, 6.45) is 2.34. The van der Waals surface area contributed by atoms with E-state index in [2.05, 4.69) is 31.0 Å². The van der Waals surface area contributed by atoms with Crippen molar-refractivity contribution in [1.29, 1.82) is 0 Å². The van der Waals surface area contributed by atoms with Crippen LogP contribution in [-0.4, -0.2) is 42.2 Å². The van der Waals surface area contributed by atoms with Gasteiger partial charge in [0.1, 0.15) is 0 Å². The van der Waals surface area contributed by atoms with Gasteiger partial charge in [-0.3, -0.25) is 0 Å². The fraction of sp³-hybridized carbons (Fsp3) is 0.667. The topological polar surface area (TPSA) is 35.5 Å². The first-order valence-corrected chi connectivity index (χ1v) is 8.23. The molecular formula is C18H32N2O. The zero-order valence-corrected chi connectivity index (χ0v) is 14.1. The summed E-state index contributed by atoms with van der Waals surface area (Å²) in [6.45, 7) is 12.5. The molecule has 0 heterocycles. The Balaban J connectivity index is 2.30. The number of aliphatic hydroxyl groups is 1. The average Bonchev–Trinajstić information content (AvgIpc) is 2.50. The molecule has 2 atom stereocenters. The van der Waals surface area contributed by atoms with Crippen LogP contribution in [-0.2, 0) is 5.60 Å². The van der Waals surface area contributed by atoms with Gasteiger partial charge in [-0.25, -0.2) is 0 Å². The van der Waals surface area contributed by atoms with Gasteiger partial charge in [-0.1, -0.05) is 44.2 Å². The minimum atomic E-state index is -0.811. The molecular weight excluding hydrogens is 260 g/mol. The van der Waals surface area contributed by atoms with Crippen LogP contribution in [0.5, 0.6) is 0 Å². The zero-order valence-electron chi connectivity index (χ0n) is 14.1. The number of benzene rings is 1. The minimum absolute atomic E-state index is 0.427. The van der Waals surface area contributed by atoms with E-state index < -0.39 is 5.60 Å². The molecule has 3 nitrogen and oxygen atoms in total. The molecule has 0 aliphatic carbocycles. The molecule has 2 N–H and O–H groups in total. The standard InChI is InChI=1S/C18H32N2O/c1-5-20(6-2)14-10-11-16(3)19-15-18(4,21)17-12-8-7-9-13-17/h7-9,12-13,16,19,21H,5-6,10-11,14-15H2,1-4H3. The van der Waals surface area contributed by atoms with Crippen molar-refractivity contribution in [2.45, 2.75) is 52.2 Å². The molecule has 1 aromatic carbocycles. The largest absolute Gasteiger partial charge is 0.384 e. The molecule has 0 amide bonds. The lowest BCUT2D eigenvalue weighted by Gasteiger charge is -2.27. The van der Waals surface area contributed by atoms with Crippen LogP contribution in [0, 0.1) is 0 Å². The fourth-order valence-corrected chi connectivity index (χ4v) is 2.54. The third kappa shape index (κ3) is 6.60. The summed E-state index contributed by atoms with van der Waals surface area (Å²) >= 11 is 0. The second kappa shape index (κ2) is 9.19. The zero-order chi connectivity index (χ0) is 15.7. The Kier molecular flexibility index (Phi) is 7.94. The molecule has 0 saturated carbocycles. The van der Waals surface area contributed by atoms with Crippen molar-refractivity contribution in [3.05, 3.63) is 35.9 Å². The predicted octanol–water partition coefficient (Wildman–Crippen LogP) is 2.99. The van der Waals surface area contributed by atoms with Crippen molar-refractivity contribution in [2.24, 2.45) is 0 Å². The number of nitrogens with one attached hydrogen (secondary N) is 1. The Morgan fingerprint density at radius 2 is 1.81 bits per heavy atom. The Labute approximate surface area is 130 Å². The van der Waals surface area contributed by atoms with Crippen LogP contribution in [0.25, 0.3) is 0 Å². The highest BCUT2D eigenvalue weighted by atomic mass is 16.3. The molecule has 0 aliphatic heterocycles. The second-order valence-corrected chi connectivity index (χ2v) is 6.09. The van der Waals surface area contributed by atoms with E-state index in [1.165, 1.54) is 6.42 Å². The Hall–Kier alpha value is -0.900. The summed E-state index contributed by atoms with van der Waals surface area (Å²) in [4.78, 5) is 2.45. The van der Waals surface area contributed by atoms with Crippen LogP contribution in [0.4, 0.5) is 0 Å².